The second-order valence-electron chi connectivity index (χ2n) is 4.64. The van der Waals surface area contributed by atoms with Gasteiger partial charge in [0.1, 0.15) is 6.17 Å². The van der Waals surface area contributed by atoms with E-state index >= 15 is 0 Å². The molecule has 1 amide bonds. The average Bonchev–Trinajstić information content (AvgIpc) is 2.27. The fourth-order valence-electron chi connectivity index (χ4n) is 1.47. The number of hydrogen-bond donors (Lipinski definition) is 2. The van der Waals surface area contributed by atoms with E-state index in [-0.39, 0.29) is 11.9 Å². The van der Waals surface area contributed by atoms with E-state index in [1.807, 2.05) is 32.9 Å². The summed E-state index contributed by atoms with van der Waals surface area (Å²) in [7, 11) is 0. The maximum atomic E-state index is 12.1. The van der Waals surface area contributed by atoms with E-state index in [1.165, 1.54) is 0 Å². The van der Waals surface area contributed by atoms with Crippen molar-refractivity contribution in [2.45, 2.75) is 36.8 Å². The molecule has 0 bridgehead atoms. The van der Waals surface area contributed by atoms with Crippen molar-refractivity contribution in [3.8, 4) is 0 Å². The fraction of sp³-hybridized carbons (Fsp3) is 0.462. The van der Waals surface area contributed by atoms with Gasteiger partial charge in [0.05, 0.1) is 0 Å². The molecule has 1 aromatic carbocycles. The van der Waals surface area contributed by atoms with E-state index in [0.29, 0.717) is 5.56 Å². The summed E-state index contributed by atoms with van der Waals surface area (Å²) in [6.07, 6.45) is -0.758. The molecule has 3 nitrogen and oxygen atoms in total. The zero-order chi connectivity index (χ0) is 14.6. The Morgan fingerprint density at radius 2 is 1.68 bits per heavy atom. The van der Waals surface area contributed by atoms with Crippen LogP contribution in [0.3, 0.4) is 0 Å². The van der Waals surface area contributed by atoms with Crippen molar-refractivity contribution < 1.29 is 4.79 Å². The first-order valence-electron chi connectivity index (χ1n) is 5.90. The number of carbonyl (C=O) groups excluding carboxylic acids is 1. The van der Waals surface area contributed by atoms with Crippen LogP contribution < -0.4 is 10.6 Å². The Bertz CT molecular complexity index is 427. The molecule has 1 rings (SSSR count). The van der Waals surface area contributed by atoms with Crippen molar-refractivity contribution in [1.82, 2.24) is 10.6 Å². The molecule has 0 saturated carbocycles. The van der Waals surface area contributed by atoms with Crippen LogP contribution in [0.2, 0.25) is 0 Å². The van der Waals surface area contributed by atoms with Crippen molar-refractivity contribution in [1.29, 1.82) is 0 Å². The quantitative estimate of drug-likeness (QED) is 0.658. The summed E-state index contributed by atoms with van der Waals surface area (Å²) in [5.74, 6) is -0.288. The molecule has 19 heavy (non-hydrogen) atoms. The molecule has 0 aromatic heterocycles. The molecule has 0 aliphatic heterocycles. The molecular formula is C13H17Cl3N2O. The molecule has 1 atom stereocenters. The number of alkyl halides is 3. The van der Waals surface area contributed by atoms with Gasteiger partial charge in [-0.1, -0.05) is 52.5 Å². The number of carbonyl (C=O) groups is 1. The summed E-state index contributed by atoms with van der Waals surface area (Å²) >= 11 is 17.6. The van der Waals surface area contributed by atoms with Crippen LogP contribution in [0, 0.1) is 6.92 Å². The average molecular weight is 324 g/mol. The van der Waals surface area contributed by atoms with E-state index in [9.17, 15) is 4.79 Å². The maximum absolute atomic E-state index is 12.1. The highest BCUT2D eigenvalue weighted by molar-refractivity contribution is 6.68. The lowest BCUT2D eigenvalue weighted by Gasteiger charge is -2.28. The summed E-state index contributed by atoms with van der Waals surface area (Å²) in [4.78, 5) is 12.1. The van der Waals surface area contributed by atoms with Crippen LogP contribution in [-0.2, 0) is 0 Å². The molecule has 0 aliphatic carbocycles. The minimum atomic E-state index is -1.62. The largest absolute Gasteiger partial charge is 0.333 e. The van der Waals surface area contributed by atoms with Gasteiger partial charge < -0.3 is 5.32 Å². The molecule has 0 fully saturated rings. The number of halogens is 3. The van der Waals surface area contributed by atoms with E-state index in [0.717, 1.165) is 5.56 Å². The zero-order valence-electron chi connectivity index (χ0n) is 11.0. The first-order valence-corrected chi connectivity index (χ1v) is 7.04. The number of hydrogen-bond acceptors (Lipinski definition) is 2. The molecule has 1 aromatic rings. The molecular weight excluding hydrogens is 307 g/mol. The summed E-state index contributed by atoms with van der Waals surface area (Å²) < 4.78 is -1.62. The molecule has 1 unspecified atom stereocenters. The first-order chi connectivity index (χ1) is 8.70. The van der Waals surface area contributed by atoms with Gasteiger partial charge >= 0.3 is 0 Å². The minimum absolute atomic E-state index is 0.0685. The predicted octanol–water partition coefficient (Wildman–Crippen LogP) is 3.42. The second-order valence-corrected chi connectivity index (χ2v) is 7.00. The Morgan fingerprint density at radius 1 is 1.16 bits per heavy atom. The third-order valence-corrected chi connectivity index (χ3v) is 3.07. The predicted molar refractivity (Wildman–Crippen MR) is 81.0 cm³/mol. The zero-order valence-corrected chi connectivity index (χ0v) is 13.3. The van der Waals surface area contributed by atoms with Crippen LogP contribution >= 0.6 is 34.8 Å². The number of rotatable bonds is 4. The van der Waals surface area contributed by atoms with Gasteiger partial charge in [-0.15, -0.1) is 0 Å². The number of benzene rings is 1. The van der Waals surface area contributed by atoms with Gasteiger partial charge in [-0.3, -0.25) is 10.1 Å². The van der Waals surface area contributed by atoms with Crippen LogP contribution in [0.25, 0.3) is 0 Å². The van der Waals surface area contributed by atoms with Crippen LogP contribution in [-0.4, -0.2) is 21.9 Å². The summed E-state index contributed by atoms with van der Waals surface area (Å²) in [5, 5.41) is 5.68. The number of amides is 1. The lowest BCUT2D eigenvalue weighted by Crippen LogP contribution is -2.55. The molecule has 0 radical (unpaired) electrons. The van der Waals surface area contributed by atoms with Crippen molar-refractivity contribution >= 4 is 40.7 Å². The summed E-state index contributed by atoms with van der Waals surface area (Å²) in [6, 6.07) is 7.24. The van der Waals surface area contributed by atoms with Gasteiger partial charge in [-0.25, -0.2) is 0 Å². The fourth-order valence-corrected chi connectivity index (χ4v) is 1.82. The topological polar surface area (TPSA) is 41.1 Å². The lowest BCUT2D eigenvalue weighted by molar-refractivity contribution is 0.0928. The molecule has 0 aliphatic rings. The minimum Gasteiger partial charge on any atom is -0.333 e. The second kappa shape index (κ2) is 6.80. The van der Waals surface area contributed by atoms with Crippen molar-refractivity contribution in [3.05, 3.63) is 35.4 Å². The van der Waals surface area contributed by atoms with E-state index in [4.69, 9.17) is 34.8 Å². The highest BCUT2D eigenvalue weighted by Gasteiger charge is 2.34. The van der Waals surface area contributed by atoms with Crippen LogP contribution in [0.5, 0.6) is 0 Å². The molecule has 6 heteroatoms. The van der Waals surface area contributed by atoms with E-state index in [2.05, 4.69) is 10.6 Å². The summed E-state index contributed by atoms with van der Waals surface area (Å²) in [5.41, 5.74) is 1.60. The van der Waals surface area contributed by atoms with Gasteiger partial charge in [0.2, 0.25) is 3.79 Å². The van der Waals surface area contributed by atoms with Crippen LogP contribution in [0.1, 0.15) is 29.8 Å². The summed E-state index contributed by atoms with van der Waals surface area (Å²) in [6.45, 7) is 5.76. The normalized spacial score (nSPS) is 13.4. The highest BCUT2D eigenvalue weighted by Crippen LogP contribution is 2.29. The van der Waals surface area contributed by atoms with Gasteiger partial charge in [-0.05, 0) is 32.9 Å². The highest BCUT2D eigenvalue weighted by atomic mass is 35.6. The van der Waals surface area contributed by atoms with Crippen molar-refractivity contribution in [3.63, 3.8) is 0 Å². The Morgan fingerprint density at radius 3 is 2.11 bits per heavy atom. The third kappa shape index (κ3) is 5.57. The van der Waals surface area contributed by atoms with Gasteiger partial charge in [0.15, 0.2) is 0 Å². The lowest BCUT2D eigenvalue weighted by atomic mass is 10.1. The Balaban J connectivity index is 2.79. The molecule has 0 spiro atoms. The molecule has 0 heterocycles. The van der Waals surface area contributed by atoms with Gasteiger partial charge in [-0.2, -0.15) is 0 Å². The van der Waals surface area contributed by atoms with Crippen LogP contribution in [0.4, 0.5) is 0 Å². The first kappa shape index (κ1) is 16.6. The number of aryl methyl sites for hydroxylation is 1. The van der Waals surface area contributed by atoms with Crippen LogP contribution in [0.15, 0.2) is 24.3 Å². The van der Waals surface area contributed by atoms with E-state index in [1.54, 1.807) is 12.1 Å². The van der Waals surface area contributed by atoms with E-state index < -0.39 is 9.96 Å². The molecule has 106 valence electrons. The van der Waals surface area contributed by atoms with Gasteiger partial charge in [0.25, 0.3) is 5.91 Å². The monoisotopic (exact) mass is 322 g/mol. The van der Waals surface area contributed by atoms with Gasteiger partial charge in [0, 0.05) is 11.6 Å². The smallest absolute Gasteiger partial charge is 0.252 e. The Kier molecular flexibility index (Phi) is 5.93. The van der Waals surface area contributed by atoms with Crippen molar-refractivity contribution in [2.75, 3.05) is 0 Å². The SMILES string of the molecule is Cc1ccc(C(=O)NC(NC(C)C)C(Cl)(Cl)Cl)cc1. The van der Waals surface area contributed by atoms with Crippen molar-refractivity contribution in [2.24, 2.45) is 0 Å². The standard InChI is InChI=1S/C13H17Cl3N2O/c1-8(2)17-12(13(14,15)16)18-11(19)10-6-4-9(3)5-7-10/h4-8,12,17H,1-3H3,(H,18,19). The number of nitrogens with one attached hydrogen (secondary N) is 2. The maximum Gasteiger partial charge on any atom is 0.252 e. The third-order valence-electron chi connectivity index (χ3n) is 2.42. The molecule has 2 N–H and O–H groups in total. The Hall–Kier alpha value is -0.480. The molecule has 0 saturated heterocycles. The Labute approximate surface area is 128 Å².